The van der Waals surface area contributed by atoms with E-state index < -0.39 is 22.8 Å². The molecule has 0 aliphatic rings. The number of nitrogens with zero attached hydrogens (tertiary/aromatic N) is 1. The quantitative estimate of drug-likeness (QED) is 0.347. The van der Waals surface area contributed by atoms with E-state index in [2.05, 4.69) is 5.32 Å². The van der Waals surface area contributed by atoms with Gasteiger partial charge >= 0.3 is 0 Å². The van der Waals surface area contributed by atoms with E-state index in [0.717, 1.165) is 0 Å². The molecule has 0 unspecified atom stereocenters. The second-order valence-corrected chi connectivity index (χ2v) is 4.66. The second kappa shape index (κ2) is 9.49. The van der Waals surface area contributed by atoms with Gasteiger partial charge in [0.05, 0.1) is 18.1 Å². The van der Waals surface area contributed by atoms with Crippen LogP contribution >= 0.6 is 0 Å². The maximum atomic E-state index is 11.7. The normalized spacial score (nSPS) is 11.7. The molecule has 1 rings (SSSR count). The third-order valence-corrected chi connectivity index (χ3v) is 2.96. The number of nitro groups is 1. The third-order valence-electron chi connectivity index (χ3n) is 2.96. The zero-order chi connectivity index (χ0) is 17.2. The molecule has 9 heteroatoms. The number of amides is 2. The zero-order valence-electron chi connectivity index (χ0n) is 12.7. The Morgan fingerprint density at radius 3 is 2.65 bits per heavy atom. The van der Waals surface area contributed by atoms with Crippen molar-refractivity contribution >= 4 is 17.5 Å². The number of nitrogens with one attached hydrogen (secondary N) is 1. The summed E-state index contributed by atoms with van der Waals surface area (Å²) in [4.78, 5) is 33.6. The van der Waals surface area contributed by atoms with E-state index in [9.17, 15) is 19.7 Å². The second-order valence-electron chi connectivity index (χ2n) is 4.66. The largest absolute Gasteiger partial charge is 0.382 e. The fourth-order valence-electron chi connectivity index (χ4n) is 1.85. The molecule has 3 N–H and O–H groups in total. The van der Waals surface area contributed by atoms with Gasteiger partial charge in [-0.05, 0) is 0 Å². The van der Waals surface area contributed by atoms with Crippen LogP contribution in [-0.2, 0) is 25.5 Å². The van der Waals surface area contributed by atoms with E-state index in [1.807, 2.05) is 0 Å². The van der Waals surface area contributed by atoms with Crippen molar-refractivity contribution in [3.63, 3.8) is 0 Å². The first-order valence-electron chi connectivity index (χ1n) is 6.83. The number of ether oxygens (including phenoxy) is 2. The minimum absolute atomic E-state index is 0.0731. The lowest BCUT2D eigenvalue weighted by Gasteiger charge is -2.15. The highest BCUT2D eigenvalue weighted by atomic mass is 16.6. The van der Waals surface area contributed by atoms with E-state index in [0.29, 0.717) is 12.2 Å². The topological polar surface area (TPSA) is 134 Å². The molecule has 0 aromatic heterocycles. The number of rotatable bonds is 10. The third kappa shape index (κ3) is 6.41. The molecule has 23 heavy (non-hydrogen) atoms. The molecule has 1 aromatic carbocycles. The summed E-state index contributed by atoms with van der Waals surface area (Å²) >= 11 is 0. The van der Waals surface area contributed by atoms with Gasteiger partial charge in [0.25, 0.3) is 5.69 Å². The van der Waals surface area contributed by atoms with Gasteiger partial charge in [-0.3, -0.25) is 19.7 Å². The van der Waals surface area contributed by atoms with Crippen LogP contribution in [-0.4, -0.2) is 49.7 Å². The molecule has 2 amide bonds. The van der Waals surface area contributed by atoms with E-state index in [1.165, 1.54) is 25.3 Å². The number of methoxy groups -OCH3 is 1. The summed E-state index contributed by atoms with van der Waals surface area (Å²) in [5.74, 6) is -1.32. The molecule has 0 aliphatic carbocycles. The summed E-state index contributed by atoms with van der Waals surface area (Å²) in [5, 5.41) is 13.4. The van der Waals surface area contributed by atoms with Gasteiger partial charge in [0, 0.05) is 25.2 Å². The van der Waals surface area contributed by atoms with Gasteiger partial charge in [-0.25, -0.2) is 0 Å². The Kier molecular flexibility index (Phi) is 7.64. The summed E-state index contributed by atoms with van der Waals surface area (Å²) in [5.41, 5.74) is 5.42. The van der Waals surface area contributed by atoms with E-state index in [4.69, 9.17) is 15.2 Å². The molecule has 0 bridgehead atoms. The van der Waals surface area contributed by atoms with Gasteiger partial charge in [0.2, 0.25) is 11.8 Å². The highest BCUT2D eigenvalue weighted by Crippen LogP contribution is 2.19. The molecule has 126 valence electrons. The first-order chi connectivity index (χ1) is 11.0. The predicted octanol–water partition coefficient (Wildman–Crippen LogP) is -0.230. The molecular formula is C14H19N3O6. The minimum Gasteiger partial charge on any atom is -0.382 e. The maximum Gasteiger partial charge on any atom is 0.272 e. The lowest BCUT2D eigenvalue weighted by molar-refractivity contribution is -0.385. The molecule has 0 radical (unpaired) electrons. The molecule has 0 aliphatic heterocycles. The SMILES string of the molecule is COCCOCC(=O)N[C@H](Cc1ccccc1[N+](=O)[O-])C(N)=O. The number of para-hydroxylation sites is 1. The lowest BCUT2D eigenvalue weighted by atomic mass is 10.0. The molecule has 0 fully saturated rings. The van der Waals surface area contributed by atoms with Crippen LogP contribution in [0, 0.1) is 10.1 Å². The monoisotopic (exact) mass is 325 g/mol. The molecule has 0 heterocycles. The van der Waals surface area contributed by atoms with Gasteiger partial charge in [-0.1, -0.05) is 18.2 Å². The van der Waals surface area contributed by atoms with Crippen molar-refractivity contribution in [1.29, 1.82) is 0 Å². The first kappa shape index (κ1) is 18.5. The smallest absolute Gasteiger partial charge is 0.272 e. The van der Waals surface area contributed by atoms with E-state index in [-0.39, 0.29) is 25.3 Å². The van der Waals surface area contributed by atoms with Crippen LogP contribution in [0.5, 0.6) is 0 Å². The Balaban J connectivity index is 2.68. The van der Waals surface area contributed by atoms with Crippen LogP contribution < -0.4 is 11.1 Å². The summed E-state index contributed by atoms with van der Waals surface area (Å²) in [6, 6.07) is 4.90. The van der Waals surface area contributed by atoms with Crippen molar-refractivity contribution in [2.75, 3.05) is 26.9 Å². The molecule has 1 atom stereocenters. The van der Waals surface area contributed by atoms with Crippen molar-refractivity contribution in [1.82, 2.24) is 5.32 Å². The molecular weight excluding hydrogens is 306 g/mol. The summed E-state index contributed by atoms with van der Waals surface area (Å²) in [6.45, 7) is 0.308. The molecule has 1 aromatic rings. The fraction of sp³-hybridized carbons (Fsp3) is 0.429. The molecule has 0 saturated carbocycles. The van der Waals surface area contributed by atoms with Crippen LogP contribution in [0.1, 0.15) is 5.56 Å². The number of carbonyl (C=O) groups is 2. The number of hydrogen-bond donors (Lipinski definition) is 2. The van der Waals surface area contributed by atoms with Gasteiger partial charge in [0.1, 0.15) is 12.6 Å². The highest BCUT2D eigenvalue weighted by molar-refractivity contribution is 5.87. The molecule has 9 nitrogen and oxygen atoms in total. The highest BCUT2D eigenvalue weighted by Gasteiger charge is 2.23. The Hall–Kier alpha value is -2.52. The number of nitro benzene ring substituents is 1. The van der Waals surface area contributed by atoms with Gasteiger partial charge in [-0.2, -0.15) is 0 Å². The number of benzene rings is 1. The number of hydrogen-bond acceptors (Lipinski definition) is 6. The first-order valence-corrected chi connectivity index (χ1v) is 6.83. The van der Waals surface area contributed by atoms with Crippen molar-refractivity contribution in [2.45, 2.75) is 12.5 Å². The summed E-state index contributed by atoms with van der Waals surface area (Å²) < 4.78 is 9.79. The Morgan fingerprint density at radius 2 is 2.04 bits per heavy atom. The van der Waals surface area contributed by atoms with Gasteiger partial charge in [0.15, 0.2) is 0 Å². The molecule has 0 spiro atoms. The van der Waals surface area contributed by atoms with Crippen LogP contribution in [0.15, 0.2) is 24.3 Å². The predicted molar refractivity (Wildman–Crippen MR) is 80.6 cm³/mol. The van der Waals surface area contributed by atoms with Gasteiger partial charge < -0.3 is 20.5 Å². The van der Waals surface area contributed by atoms with E-state index in [1.54, 1.807) is 6.07 Å². The van der Waals surface area contributed by atoms with Crippen LogP contribution in [0.25, 0.3) is 0 Å². The van der Waals surface area contributed by atoms with Crippen LogP contribution in [0.4, 0.5) is 5.69 Å². The maximum absolute atomic E-state index is 11.7. The van der Waals surface area contributed by atoms with Crippen molar-refractivity contribution in [2.24, 2.45) is 5.73 Å². The Labute approximate surface area is 132 Å². The number of carbonyl (C=O) groups excluding carboxylic acids is 2. The Morgan fingerprint density at radius 1 is 1.35 bits per heavy atom. The number of nitrogens with two attached hydrogens (primary N) is 1. The van der Waals surface area contributed by atoms with E-state index >= 15 is 0 Å². The van der Waals surface area contributed by atoms with Crippen LogP contribution in [0.3, 0.4) is 0 Å². The zero-order valence-corrected chi connectivity index (χ0v) is 12.7. The summed E-state index contributed by atoms with van der Waals surface area (Å²) in [7, 11) is 1.50. The van der Waals surface area contributed by atoms with Crippen molar-refractivity contribution in [3.05, 3.63) is 39.9 Å². The Bertz CT molecular complexity index is 563. The average Bonchev–Trinajstić information content (AvgIpc) is 2.51. The molecule has 0 saturated heterocycles. The van der Waals surface area contributed by atoms with Gasteiger partial charge in [-0.15, -0.1) is 0 Å². The summed E-state index contributed by atoms with van der Waals surface area (Å²) in [6.07, 6.45) is -0.0731. The fourth-order valence-corrected chi connectivity index (χ4v) is 1.85. The number of primary amides is 1. The van der Waals surface area contributed by atoms with Crippen molar-refractivity contribution in [3.8, 4) is 0 Å². The van der Waals surface area contributed by atoms with Crippen LogP contribution in [0.2, 0.25) is 0 Å². The standard InChI is InChI=1S/C14H19N3O6/c1-22-6-7-23-9-13(18)16-11(14(15)19)8-10-4-2-3-5-12(10)17(20)21/h2-5,11H,6-9H2,1H3,(H2,15,19)(H,16,18)/t11-/m1/s1. The minimum atomic E-state index is -1.06. The average molecular weight is 325 g/mol. The lowest BCUT2D eigenvalue weighted by Crippen LogP contribution is -2.47. The van der Waals surface area contributed by atoms with Crippen molar-refractivity contribution < 1.29 is 24.0 Å².